The highest BCUT2D eigenvalue weighted by molar-refractivity contribution is 14.1. The topological polar surface area (TPSA) is 32.3 Å². The highest BCUT2D eigenvalue weighted by Crippen LogP contribution is 2.25. The summed E-state index contributed by atoms with van der Waals surface area (Å²) in [5, 5.41) is 13.1. The number of anilines is 1. The average molecular weight is 303 g/mol. The summed E-state index contributed by atoms with van der Waals surface area (Å²) in [4.78, 5) is 0. The van der Waals surface area contributed by atoms with Gasteiger partial charge < -0.3 is 10.4 Å². The minimum Gasteiger partial charge on any atom is -0.391 e. The molecular formula is C11H14INO. The Bertz CT molecular complexity index is 316. The molecule has 1 aliphatic rings. The molecule has 2 N–H and O–H groups in total. The summed E-state index contributed by atoms with van der Waals surface area (Å²) in [6, 6.07) is 8.42. The maximum Gasteiger partial charge on any atom is 0.0741 e. The van der Waals surface area contributed by atoms with E-state index >= 15 is 0 Å². The molecule has 14 heavy (non-hydrogen) atoms. The molecule has 2 atom stereocenters. The summed E-state index contributed by atoms with van der Waals surface area (Å²) in [6.07, 6.45) is 2.96. The van der Waals surface area contributed by atoms with Crippen molar-refractivity contribution in [1.82, 2.24) is 0 Å². The maximum absolute atomic E-state index is 9.68. The normalized spacial score (nSPS) is 26.4. The third-order valence-electron chi connectivity index (χ3n) is 2.69. The number of aliphatic hydroxyl groups is 1. The second-order valence-electron chi connectivity index (χ2n) is 3.73. The zero-order valence-electron chi connectivity index (χ0n) is 7.91. The Labute approximate surface area is 97.9 Å². The van der Waals surface area contributed by atoms with E-state index in [4.69, 9.17) is 0 Å². The van der Waals surface area contributed by atoms with Gasteiger partial charge in [-0.05, 0) is 54.0 Å². The van der Waals surface area contributed by atoms with Gasteiger partial charge in [0.1, 0.15) is 0 Å². The molecule has 0 saturated heterocycles. The molecule has 2 rings (SSSR count). The molecule has 0 bridgehead atoms. The lowest BCUT2D eigenvalue weighted by Gasteiger charge is -2.18. The molecule has 1 aliphatic carbocycles. The van der Waals surface area contributed by atoms with Crippen molar-refractivity contribution < 1.29 is 5.11 Å². The molecule has 0 spiro atoms. The van der Waals surface area contributed by atoms with Gasteiger partial charge in [-0.1, -0.05) is 12.1 Å². The smallest absolute Gasteiger partial charge is 0.0741 e. The molecule has 76 valence electrons. The van der Waals surface area contributed by atoms with Crippen LogP contribution in [-0.2, 0) is 0 Å². The van der Waals surface area contributed by atoms with Crippen LogP contribution in [0.2, 0.25) is 0 Å². The summed E-state index contributed by atoms with van der Waals surface area (Å²) in [5.41, 5.74) is 1.14. The number of nitrogens with one attached hydrogen (secondary N) is 1. The molecule has 1 fully saturated rings. The van der Waals surface area contributed by atoms with Gasteiger partial charge in [-0.15, -0.1) is 0 Å². The van der Waals surface area contributed by atoms with E-state index in [1.807, 2.05) is 12.1 Å². The van der Waals surface area contributed by atoms with Gasteiger partial charge in [-0.2, -0.15) is 0 Å². The van der Waals surface area contributed by atoms with Crippen molar-refractivity contribution in [3.8, 4) is 0 Å². The first kappa shape index (κ1) is 10.2. The van der Waals surface area contributed by atoms with Gasteiger partial charge in [-0.3, -0.25) is 0 Å². The molecule has 0 aromatic heterocycles. The number of hydrogen-bond acceptors (Lipinski definition) is 2. The van der Waals surface area contributed by atoms with Gasteiger partial charge in [0.05, 0.1) is 12.1 Å². The van der Waals surface area contributed by atoms with Crippen LogP contribution in [0, 0.1) is 3.57 Å². The molecule has 2 nitrogen and oxygen atoms in total. The predicted molar refractivity (Wildman–Crippen MR) is 66.4 cm³/mol. The fourth-order valence-electron chi connectivity index (χ4n) is 1.89. The van der Waals surface area contributed by atoms with Gasteiger partial charge in [0.15, 0.2) is 0 Å². The lowest BCUT2D eigenvalue weighted by molar-refractivity contribution is 0.172. The zero-order chi connectivity index (χ0) is 9.97. The first-order valence-electron chi connectivity index (χ1n) is 4.96. The lowest BCUT2D eigenvalue weighted by atomic mass is 10.2. The van der Waals surface area contributed by atoms with Gasteiger partial charge in [0.25, 0.3) is 0 Å². The molecule has 2 unspecified atom stereocenters. The summed E-state index contributed by atoms with van der Waals surface area (Å²) in [6.45, 7) is 0. The van der Waals surface area contributed by atoms with Gasteiger partial charge >= 0.3 is 0 Å². The second-order valence-corrected chi connectivity index (χ2v) is 4.89. The third-order valence-corrected chi connectivity index (χ3v) is 3.63. The average Bonchev–Trinajstić information content (AvgIpc) is 2.56. The van der Waals surface area contributed by atoms with Crippen LogP contribution < -0.4 is 5.32 Å². The van der Waals surface area contributed by atoms with Crippen LogP contribution in [0.1, 0.15) is 19.3 Å². The summed E-state index contributed by atoms with van der Waals surface area (Å²) >= 11 is 2.31. The Morgan fingerprint density at radius 1 is 1.29 bits per heavy atom. The molecule has 1 aromatic rings. The van der Waals surface area contributed by atoms with Crippen molar-refractivity contribution >= 4 is 28.3 Å². The van der Waals surface area contributed by atoms with Crippen LogP contribution in [0.5, 0.6) is 0 Å². The van der Waals surface area contributed by atoms with Gasteiger partial charge in [0, 0.05) is 9.26 Å². The van der Waals surface area contributed by atoms with E-state index in [-0.39, 0.29) is 12.1 Å². The van der Waals surface area contributed by atoms with Crippen LogP contribution in [0.15, 0.2) is 24.3 Å². The predicted octanol–water partition coefficient (Wildman–Crippen LogP) is 2.62. The molecule has 0 aliphatic heterocycles. The summed E-state index contributed by atoms with van der Waals surface area (Å²) < 4.78 is 1.21. The number of halogens is 1. The monoisotopic (exact) mass is 303 g/mol. The minimum absolute atomic E-state index is 0.175. The maximum atomic E-state index is 9.68. The van der Waals surface area contributed by atoms with E-state index in [0.29, 0.717) is 0 Å². The SMILES string of the molecule is OC1CCCC1Nc1ccccc1I. The van der Waals surface area contributed by atoms with Crippen LogP contribution in [0.3, 0.4) is 0 Å². The van der Waals surface area contributed by atoms with E-state index in [2.05, 4.69) is 40.0 Å². The van der Waals surface area contributed by atoms with Crippen molar-refractivity contribution in [3.63, 3.8) is 0 Å². The number of hydrogen-bond donors (Lipinski definition) is 2. The van der Waals surface area contributed by atoms with Crippen molar-refractivity contribution in [1.29, 1.82) is 0 Å². The second kappa shape index (κ2) is 4.49. The molecule has 3 heteroatoms. The lowest BCUT2D eigenvalue weighted by Crippen LogP contribution is -2.28. The molecule has 0 heterocycles. The van der Waals surface area contributed by atoms with E-state index in [1.54, 1.807) is 0 Å². The third kappa shape index (κ3) is 2.20. The molecular weight excluding hydrogens is 289 g/mol. The van der Waals surface area contributed by atoms with Crippen molar-refractivity contribution in [2.24, 2.45) is 0 Å². The van der Waals surface area contributed by atoms with E-state index in [9.17, 15) is 5.11 Å². The van der Waals surface area contributed by atoms with Crippen LogP contribution >= 0.6 is 22.6 Å². The fourth-order valence-corrected chi connectivity index (χ4v) is 2.43. The first-order valence-corrected chi connectivity index (χ1v) is 6.04. The number of rotatable bonds is 2. The summed E-state index contributed by atoms with van der Waals surface area (Å²) in [5.74, 6) is 0. The number of para-hydroxylation sites is 1. The Hall–Kier alpha value is -0.290. The first-order chi connectivity index (χ1) is 6.77. The van der Waals surface area contributed by atoms with E-state index < -0.39 is 0 Å². The van der Waals surface area contributed by atoms with E-state index in [1.165, 1.54) is 3.57 Å². The number of aliphatic hydroxyl groups excluding tert-OH is 1. The molecule has 0 radical (unpaired) electrons. The molecule has 0 amide bonds. The van der Waals surface area contributed by atoms with Gasteiger partial charge in [-0.25, -0.2) is 0 Å². The Morgan fingerprint density at radius 2 is 2.07 bits per heavy atom. The quantitative estimate of drug-likeness (QED) is 0.823. The van der Waals surface area contributed by atoms with E-state index in [0.717, 1.165) is 24.9 Å². The zero-order valence-corrected chi connectivity index (χ0v) is 10.1. The van der Waals surface area contributed by atoms with Crippen LogP contribution in [0.4, 0.5) is 5.69 Å². The fraction of sp³-hybridized carbons (Fsp3) is 0.455. The Morgan fingerprint density at radius 3 is 2.71 bits per heavy atom. The van der Waals surface area contributed by atoms with Crippen LogP contribution in [0.25, 0.3) is 0 Å². The van der Waals surface area contributed by atoms with Crippen molar-refractivity contribution in [2.75, 3.05) is 5.32 Å². The Kier molecular flexibility index (Phi) is 3.28. The minimum atomic E-state index is -0.175. The number of benzene rings is 1. The highest BCUT2D eigenvalue weighted by atomic mass is 127. The van der Waals surface area contributed by atoms with Crippen molar-refractivity contribution in [2.45, 2.75) is 31.4 Å². The molecule has 1 aromatic carbocycles. The standard InChI is InChI=1S/C11H14INO/c12-8-4-1-2-5-9(8)13-10-6-3-7-11(10)14/h1-2,4-5,10-11,13-14H,3,6-7H2. The van der Waals surface area contributed by atoms with Crippen LogP contribution in [-0.4, -0.2) is 17.3 Å². The Balaban J connectivity index is 2.07. The molecule has 1 saturated carbocycles. The van der Waals surface area contributed by atoms with Gasteiger partial charge in [0.2, 0.25) is 0 Å². The van der Waals surface area contributed by atoms with Crippen molar-refractivity contribution in [3.05, 3.63) is 27.8 Å². The highest BCUT2D eigenvalue weighted by Gasteiger charge is 2.25. The largest absolute Gasteiger partial charge is 0.391 e. The summed E-state index contributed by atoms with van der Waals surface area (Å²) in [7, 11) is 0.